The number of amidine groups is 1. The molecule has 1 aromatic heterocycles. The topological polar surface area (TPSA) is 66.8 Å². The molecule has 4 nitrogen and oxygen atoms in total. The van der Waals surface area contributed by atoms with E-state index in [4.69, 9.17) is 11.1 Å². The summed E-state index contributed by atoms with van der Waals surface area (Å²) < 4.78 is 2.71. The molecule has 0 unspecified atom stereocenters. The van der Waals surface area contributed by atoms with Crippen LogP contribution in [0.4, 0.5) is 5.82 Å². The fourth-order valence-corrected chi connectivity index (χ4v) is 1.85. The molecule has 1 rings (SSSR count). The number of hydrogen-bond acceptors (Lipinski definition) is 2. The first kappa shape index (κ1) is 9.12. The maximum absolute atomic E-state index is 7.33. The Labute approximate surface area is 79.4 Å². The zero-order valence-electron chi connectivity index (χ0n) is 6.98. The van der Waals surface area contributed by atoms with Crippen molar-refractivity contribution in [2.45, 2.75) is 0 Å². The van der Waals surface area contributed by atoms with Gasteiger partial charge in [0.2, 0.25) is 0 Å². The van der Waals surface area contributed by atoms with Crippen molar-refractivity contribution < 1.29 is 0 Å². The molecule has 0 fully saturated rings. The molecule has 0 amide bonds. The van der Waals surface area contributed by atoms with E-state index < -0.39 is 0 Å². The van der Waals surface area contributed by atoms with Crippen molar-refractivity contribution in [3.63, 3.8) is 0 Å². The Balaban J connectivity index is 3.32. The van der Waals surface area contributed by atoms with Crippen molar-refractivity contribution in [2.75, 3.05) is 12.4 Å². The van der Waals surface area contributed by atoms with Gasteiger partial charge in [0.15, 0.2) is 0 Å². The van der Waals surface area contributed by atoms with Crippen LogP contribution >= 0.6 is 15.9 Å². The van der Waals surface area contributed by atoms with E-state index >= 15 is 0 Å². The number of rotatable bonds is 2. The molecule has 0 radical (unpaired) electrons. The maximum Gasteiger partial charge on any atom is 0.127 e. The van der Waals surface area contributed by atoms with Crippen molar-refractivity contribution in [1.82, 2.24) is 4.57 Å². The summed E-state index contributed by atoms with van der Waals surface area (Å²) in [6.07, 6.45) is 1.86. The van der Waals surface area contributed by atoms with Gasteiger partial charge in [-0.25, -0.2) is 0 Å². The van der Waals surface area contributed by atoms with Crippen LogP contribution in [0.5, 0.6) is 0 Å². The lowest BCUT2D eigenvalue weighted by Gasteiger charge is -2.04. The summed E-state index contributed by atoms with van der Waals surface area (Å²) in [7, 11) is 3.69. The largest absolute Gasteiger partial charge is 0.384 e. The molecule has 0 saturated carbocycles. The number of halogens is 1. The van der Waals surface area contributed by atoms with Crippen LogP contribution in [-0.4, -0.2) is 17.5 Å². The van der Waals surface area contributed by atoms with Crippen molar-refractivity contribution in [3.05, 3.63) is 16.2 Å². The number of hydrogen-bond donors (Lipinski definition) is 3. The first-order chi connectivity index (χ1) is 5.57. The van der Waals surface area contributed by atoms with E-state index in [2.05, 4.69) is 21.2 Å². The van der Waals surface area contributed by atoms with Crippen molar-refractivity contribution in [1.29, 1.82) is 5.41 Å². The van der Waals surface area contributed by atoms with E-state index in [0.717, 1.165) is 10.3 Å². The van der Waals surface area contributed by atoms with Crippen LogP contribution in [0.2, 0.25) is 0 Å². The molecule has 66 valence electrons. The van der Waals surface area contributed by atoms with Gasteiger partial charge >= 0.3 is 0 Å². The highest BCUT2D eigenvalue weighted by Crippen LogP contribution is 2.25. The molecule has 0 saturated heterocycles. The van der Waals surface area contributed by atoms with Crippen molar-refractivity contribution in [3.8, 4) is 0 Å². The summed E-state index contributed by atoms with van der Waals surface area (Å²) in [5.74, 6) is 0.904. The highest BCUT2D eigenvalue weighted by atomic mass is 79.9. The summed E-state index contributed by atoms with van der Waals surface area (Å²) in [5.41, 5.74) is 6.11. The minimum absolute atomic E-state index is 0.0619. The lowest BCUT2D eigenvalue weighted by molar-refractivity contribution is 0.930. The molecule has 12 heavy (non-hydrogen) atoms. The number of nitrogens with zero attached hydrogens (tertiary/aromatic N) is 1. The Hall–Kier alpha value is -0.970. The Bertz CT molecular complexity index is 315. The van der Waals surface area contributed by atoms with E-state index in [1.807, 2.05) is 17.8 Å². The first-order valence-electron chi connectivity index (χ1n) is 3.45. The summed E-state index contributed by atoms with van der Waals surface area (Å²) in [6, 6.07) is 0. The predicted octanol–water partition coefficient (Wildman–Crippen LogP) is 1.11. The second-order valence-electron chi connectivity index (χ2n) is 2.48. The van der Waals surface area contributed by atoms with Crippen LogP contribution in [0.1, 0.15) is 5.56 Å². The first-order valence-corrected chi connectivity index (χ1v) is 4.24. The van der Waals surface area contributed by atoms with E-state index in [1.165, 1.54) is 0 Å². The summed E-state index contributed by atoms with van der Waals surface area (Å²) >= 11 is 3.33. The Morgan fingerprint density at radius 2 is 2.33 bits per heavy atom. The Morgan fingerprint density at radius 1 is 1.75 bits per heavy atom. The molecule has 0 atom stereocenters. The molecule has 1 heterocycles. The Morgan fingerprint density at radius 3 is 2.67 bits per heavy atom. The quantitative estimate of drug-likeness (QED) is 0.527. The summed E-state index contributed by atoms with van der Waals surface area (Å²) in [5, 5.41) is 10.3. The number of anilines is 1. The van der Waals surface area contributed by atoms with Crippen LogP contribution in [0.25, 0.3) is 0 Å². The fraction of sp³-hybridized carbons (Fsp3) is 0.286. The van der Waals surface area contributed by atoms with E-state index in [0.29, 0.717) is 5.56 Å². The van der Waals surface area contributed by atoms with Gasteiger partial charge in [0, 0.05) is 24.8 Å². The van der Waals surface area contributed by atoms with Gasteiger partial charge in [0.25, 0.3) is 0 Å². The lowest BCUT2D eigenvalue weighted by Crippen LogP contribution is -2.13. The minimum atomic E-state index is 0.0619. The molecule has 0 aliphatic rings. The number of nitrogen functional groups attached to an aromatic ring is 1. The van der Waals surface area contributed by atoms with E-state index in [9.17, 15) is 0 Å². The summed E-state index contributed by atoms with van der Waals surface area (Å²) in [6.45, 7) is 0. The van der Waals surface area contributed by atoms with Crippen molar-refractivity contribution in [2.24, 2.45) is 12.8 Å². The average molecular weight is 231 g/mol. The van der Waals surface area contributed by atoms with E-state index in [1.54, 1.807) is 7.05 Å². The third kappa shape index (κ3) is 1.32. The second kappa shape index (κ2) is 3.18. The van der Waals surface area contributed by atoms with Gasteiger partial charge in [-0.2, -0.15) is 0 Å². The number of aryl methyl sites for hydroxylation is 1. The van der Waals surface area contributed by atoms with Crippen LogP contribution in [0.15, 0.2) is 10.7 Å². The molecule has 0 bridgehead atoms. The molecule has 1 aromatic rings. The molecule has 5 heteroatoms. The number of nitrogens with two attached hydrogens (primary N) is 1. The SMILES string of the molecule is CNc1c(C(=N)N)c(Br)cn1C. The zero-order valence-corrected chi connectivity index (χ0v) is 8.57. The van der Waals surface area contributed by atoms with Gasteiger partial charge < -0.3 is 15.6 Å². The van der Waals surface area contributed by atoms with E-state index in [-0.39, 0.29) is 5.84 Å². The molecular weight excluding hydrogens is 220 g/mol. The number of aromatic nitrogens is 1. The fourth-order valence-electron chi connectivity index (χ4n) is 1.15. The third-order valence-electron chi connectivity index (χ3n) is 1.64. The zero-order chi connectivity index (χ0) is 9.30. The van der Waals surface area contributed by atoms with Crippen LogP contribution in [0.3, 0.4) is 0 Å². The van der Waals surface area contributed by atoms with Crippen molar-refractivity contribution >= 4 is 27.6 Å². The Kier molecular flexibility index (Phi) is 2.42. The molecule has 0 aromatic carbocycles. The predicted molar refractivity (Wildman–Crippen MR) is 53.7 cm³/mol. The normalized spacial score (nSPS) is 9.92. The smallest absolute Gasteiger partial charge is 0.127 e. The van der Waals surface area contributed by atoms with Gasteiger partial charge in [-0.3, -0.25) is 5.41 Å². The average Bonchev–Trinajstić information content (AvgIpc) is 2.24. The van der Waals surface area contributed by atoms with Crippen LogP contribution < -0.4 is 11.1 Å². The van der Waals surface area contributed by atoms with Gasteiger partial charge in [-0.1, -0.05) is 0 Å². The number of nitrogens with one attached hydrogen (secondary N) is 2. The van der Waals surface area contributed by atoms with Gasteiger partial charge in [-0.05, 0) is 15.9 Å². The highest BCUT2D eigenvalue weighted by Gasteiger charge is 2.12. The maximum atomic E-state index is 7.33. The standard InChI is InChI=1S/C7H11BrN4/c1-11-7-5(6(9)10)4(8)3-12(7)2/h3,11H,1-2H3,(H3,9,10). The monoisotopic (exact) mass is 230 g/mol. The van der Waals surface area contributed by atoms with Gasteiger partial charge in [0.05, 0.1) is 5.56 Å². The molecule has 0 aliphatic heterocycles. The highest BCUT2D eigenvalue weighted by molar-refractivity contribution is 9.10. The van der Waals surface area contributed by atoms with Gasteiger partial charge in [0.1, 0.15) is 11.7 Å². The molecule has 4 N–H and O–H groups in total. The second-order valence-corrected chi connectivity index (χ2v) is 3.33. The molecule has 0 aliphatic carbocycles. The van der Waals surface area contributed by atoms with Gasteiger partial charge in [-0.15, -0.1) is 0 Å². The molecular formula is C7H11BrN4. The van der Waals surface area contributed by atoms with Crippen LogP contribution in [-0.2, 0) is 7.05 Å². The summed E-state index contributed by atoms with van der Waals surface area (Å²) in [4.78, 5) is 0. The third-order valence-corrected chi connectivity index (χ3v) is 2.24. The van der Waals surface area contributed by atoms with Crippen LogP contribution in [0, 0.1) is 5.41 Å². The lowest BCUT2D eigenvalue weighted by atomic mass is 10.3. The molecule has 0 spiro atoms. The minimum Gasteiger partial charge on any atom is -0.384 e.